The van der Waals surface area contributed by atoms with Gasteiger partial charge < -0.3 is 5.32 Å². The summed E-state index contributed by atoms with van der Waals surface area (Å²) in [5.74, 6) is 1.76. The number of hydrogen-bond acceptors (Lipinski definition) is 5. The van der Waals surface area contributed by atoms with Crippen molar-refractivity contribution in [3.8, 4) is 11.4 Å². The molecule has 1 atom stereocenters. The van der Waals surface area contributed by atoms with E-state index in [2.05, 4.69) is 26.8 Å². The van der Waals surface area contributed by atoms with Gasteiger partial charge in [0.05, 0.1) is 12.1 Å². The number of piperazine rings is 1. The molecular formula is C20H28N6O. The lowest BCUT2D eigenvalue weighted by Crippen LogP contribution is -2.56. The Labute approximate surface area is 160 Å². The number of aromatic nitrogens is 4. The molecule has 2 fully saturated rings. The van der Waals surface area contributed by atoms with Crippen LogP contribution in [0.25, 0.3) is 11.4 Å². The van der Waals surface area contributed by atoms with E-state index in [0.29, 0.717) is 12.5 Å². The van der Waals surface area contributed by atoms with Crippen molar-refractivity contribution in [2.75, 3.05) is 19.6 Å². The van der Waals surface area contributed by atoms with E-state index < -0.39 is 0 Å². The van der Waals surface area contributed by atoms with Crippen LogP contribution in [-0.2, 0) is 11.2 Å². The summed E-state index contributed by atoms with van der Waals surface area (Å²) < 4.78 is 2.12. The predicted molar refractivity (Wildman–Crippen MR) is 103 cm³/mol. The fourth-order valence-corrected chi connectivity index (χ4v) is 4.27. The highest BCUT2D eigenvalue weighted by molar-refractivity contribution is 5.82. The topological polar surface area (TPSA) is 75.9 Å². The molecule has 1 N–H and O–H groups in total. The molecule has 4 rings (SSSR count). The number of amides is 1. The van der Waals surface area contributed by atoms with Crippen LogP contribution in [0.3, 0.4) is 0 Å². The second kappa shape index (κ2) is 8.17. The van der Waals surface area contributed by atoms with Gasteiger partial charge in [0.1, 0.15) is 5.82 Å². The number of nitrogens with one attached hydrogen (secondary N) is 1. The fraction of sp³-hybridized carbons (Fsp3) is 0.600. The summed E-state index contributed by atoms with van der Waals surface area (Å²) in [7, 11) is 0. The van der Waals surface area contributed by atoms with Gasteiger partial charge in [-0.15, -0.1) is 0 Å². The zero-order valence-electron chi connectivity index (χ0n) is 16.0. The van der Waals surface area contributed by atoms with E-state index in [1.54, 1.807) is 12.4 Å². The average Bonchev–Trinajstić information content (AvgIpc) is 3.15. The third-order valence-corrected chi connectivity index (χ3v) is 5.78. The first-order chi connectivity index (χ1) is 13.3. The molecule has 1 saturated heterocycles. The number of pyridine rings is 1. The third-order valence-electron chi connectivity index (χ3n) is 5.78. The second-order valence-electron chi connectivity index (χ2n) is 7.46. The molecule has 2 aromatic rings. The van der Waals surface area contributed by atoms with Crippen molar-refractivity contribution in [2.45, 2.75) is 57.5 Å². The molecule has 1 amide bonds. The van der Waals surface area contributed by atoms with E-state index >= 15 is 0 Å². The molecule has 0 bridgehead atoms. The first-order valence-electron chi connectivity index (χ1n) is 10.1. The van der Waals surface area contributed by atoms with Crippen molar-refractivity contribution >= 4 is 5.91 Å². The van der Waals surface area contributed by atoms with Crippen molar-refractivity contribution in [1.82, 2.24) is 30.0 Å². The smallest absolute Gasteiger partial charge is 0.237 e. The van der Waals surface area contributed by atoms with Crippen molar-refractivity contribution < 1.29 is 4.79 Å². The van der Waals surface area contributed by atoms with Gasteiger partial charge in [0.2, 0.25) is 5.91 Å². The van der Waals surface area contributed by atoms with Gasteiger partial charge in [-0.25, -0.2) is 9.67 Å². The Bertz CT molecular complexity index is 768. The van der Waals surface area contributed by atoms with Gasteiger partial charge in [0.25, 0.3) is 0 Å². The van der Waals surface area contributed by atoms with E-state index in [-0.39, 0.29) is 11.9 Å². The van der Waals surface area contributed by atoms with Gasteiger partial charge in [-0.3, -0.25) is 14.7 Å². The quantitative estimate of drug-likeness (QED) is 0.876. The molecule has 0 aromatic carbocycles. The molecule has 2 aromatic heterocycles. The maximum absolute atomic E-state index is 12.5. The van der Waals surface area contributed by atoms with E-state index in [9.17, 15) is 4.79 Å². The van der Waals surface area contributed by atoms with Crippen LogP contribution in [0.15, 0.2) is 24.5 Å². The molecule has 1 aliphatic heterocycles. The number of hydrogen-bond donors (Lipinski definition) is 1. The molecule has 0 spiro atoms. The van der Waals surface area contributed by atoms with E-state index in [0.717, 1.165) is 49.7 Å². The number of likely N-dealkylation sites (N-methyl/N-ethyl adjacent to an activating group) is 1. The van der Waals surface area contributed by atoms with Gasteiger partial charge in [-0.1, -0.05) is 26.2 Å². The van der Waals surface area contributed by atoms with Crippen LogP contribution in [0.4, 0.5) is 0 Å². The maximum Gasteiger partial charge on any atom is 0.237 e. The SMILES string of the molecule is CCN1CCNC(=O)C1Cc1nc(-c2ccncc2)nn1C1CCCCC1. The molecule has 27 heavy (non-hydrogen) atoms. The molecule has 7 nitrogen and oxygen atoms in total. The van der Waals surface area contributed by atoms with Crippen LogP contribution in [0, 0.1) is 0 Å². The highest BCUT2D eigenvalue weighted by atomic mass is 16.2. The van der Waals surface area contributed by atoms with Gasteiger partial charge in [0.15, 0.2) is 5.82 Å². The predicted octanol–water partition coefficient (Wildman–Crippen LogP) is 2.21. The molecule has 144 valence electrons. The van der Waals surface area contributed by atoms with Crippen molar-refractivity contribution in [3.05, 3.63) is 30.4 Å². The summed E-state index contributed by atoms with van der Waals surface area (Å²) >= 11 is 0. The number of rotatable bonds is 5. The fourth-order valence-electron chi connectivity index (χ4n) is 4.27. The normalized spacial score (nSPS) is 22.0. The van der Waals surface area contributed by atoms with Gasteiger partial charge >= 0.3 is 0 Å². The van der Waals surface area contributed by atoms with Crippen molar-refractivity contribution in [2.24, 2.45) is 0 Å². The van der Waals surface area contributed by atoms with Crippen LogP contribution in [-0.4, -0.2) is 56.2 Å². The van der Waals surface area contributed by atoms with Gasteiger partial charge in [0, 0.05) is 37.5 Å². The molecular weight excluding hydrogens is 340 g/mol. The molecule has 1 saturated carbocycles. The Balaban J connectivity index is 1.67. The molecule has 1 unspecified atom stereocenters. The first-order valence-corrected chi connectivity index (χ1v) is 10.1. The molecule has 1 aliphatic carbocycles. The largest absolute Gasteiger partial charge is 0.353 e. The Morgan fingerprint density at radius 2 is 1.96 bits per heavy atom. The Morgan fingerprint density at radius 1 is 1.19 bits per heavy atom. The van der Waals surface area contributed by atoms with Crippen LogP contribution in [0.1, 0.15) is 50.9 Å². The molecule has 2 aliphatic rings. The Morgan fingerprint density at radius 3 is 2.70 bits per heavy atom. The zero-order valence-corrected chi connectivity index (χ0v) is 16.0. The van der Waals surface area contributed by atoms with Gasteiger partial charge in [-0.05, 0) is 31.5 Å². The summed E-state index contributed by atoms with van der Waals surface area (Å²) in [5.41, 5.74) is 0.973. The van der Waals surface area contributed by atoms with Crippen molar-refractivity contribution in [1.29, 1.82) is 0 Å². The Kier molecular flexibility index (Phi) is 5.48. The monoisotopic (exact) mass is 368 g/mol. The lowest BCUT2D eigenvalue weighted by molar-refractivity contribution is -0.128. The lowest BCUT2D eigenvalue weighted by Gasteiger charge is -2.34. The van der Waals surface area contributed by atoms with Crippen molar-refractivity contribution in [3.63, 3.8) is 0 Å². The second-order valence-corrected chi connectivity index (χ2v) is 7.46. The standard InChI is InChI=1S/C20H28N6O/c1-2-25-13-12-22-20(27)17(25)14-18-23-19(15-8-10-21-11-9-15)24-26(18)16-6-4-3-5-7-16/h8-11,16-17H,2-7,12-14H2,1H3,(H,22,27). The summed E-state index contributed by atoms with van der Waals surface area (Å²) in [6.45, 7) is 4.59. The summed E-state index contributed by atoms with van der Waals surface area (Å²) in [6, 6.07) is 4.10. The molecule has 0 radical (unpaired) electrons. The average molecular weight is 368 g/mol. The number of nitrogens with zero attached hydrogens (tertiary/aromatic N) is 5. The highest BCUT2D eigenvalue weighted by Gasteiger charge is 2.32. The Hall–Kier alpha value is -2.28. The lowest BCUT2D eigenvalue weighted by atomic mass is 9.95. The number of carbonyl (C=O) groups excluding carboxylic acids is 1. The minimum absolute atomic E-state index is 0.103. The van der Waals surface area contributed by atoms with Crippen LogP contribution in [0.5, 0.6) is 0 Å². The van der Waals surface area contributed by atoms with E-state index in [4.69, 9.17) is 10.1 Å². The number of carbonyl (C=O) groups is 1. The highest BCUT2D eigenvalue weighted by Crippen LogP contribution is 2.30. The van der Waals surface area contributed by atoms with Gasteiger partial charge in [-0.2, -0.15) is 5.10 Å². The minimum atomic E-state index is -0.166. The van der Waals surface area contributed by atoms with Crippen LogP contribution < -0.4 is 5.32 Å². The summed E-state index contributed by atoms with van der Waals surface area (Å²) in [6.07, 6.45) is 10.2. The van der Waals surface area contributed by atoms with E-state index in [1.807, 2.05) is 12.1 Å². The summed E-state index contributed by atoms with van der Waals surface area (Å²) in [4.78, 5) is 23.7. The first kappa shape index (κ1) is 18.1. The third kappa shape index (κ3) is 3.88. The van der Waals surface area contributed by atoms with E-state index in [1.165, 1.54) is 19.3 Å². The zero-order chi connectivity index (χ0) is 18.6. The summed E-state index contributed by atoms with van der Waals surface area (Å²) in [5, 5.41) is 7.88. The minimum Gasteiger partial charge on any atom is -0.353 e. The van der Waals surface area contributed by atoms with Crippen LogP contribution >= 0.6 is 0 Å². The van der Waals surface area contributed by atoms with Crippen LogP contribution in [0.2, 0.25) is 0 Å². The molecule has 7 heteroatoms. The maximum atomic E-state index is 12.5. The molecule has 3 heterocycles.